The number of alkyl halides is 2. The van der Waals surface area contributed by atoms with Crippen molar-refractivity contribution < 1.29 is 27.6 Å². The number of aromatic nitrogens is 1. The van der Waals surface area contributed by atoms with Crippen molar-refractivity contribution in [1.29, 1.82) is 0 Å². The summed E-state index contributed by atoms with van der Waals surface area (Å²) in [5, 5.41) is 6.62. The first kappa shape index (κ1) is 21.6. The van der Waals surface area contributed by atoms with Crippen LogP contribution in [0.15, 0.2) is 51.9 Å². The Balaban J connectivity index is 1.68. The molecule has 30 heavy (non-hydrogen) atoms. The molecule has 0 unspecified atom stereocenters. The number of methoxy groups -OCH3 is 1. The minimum absolute atomic E-state index is 0.256. The number of rotatable bonds is 8. The molecule has 0 saturated carbocycles. The molecule has 2 aromatic carbocycles. The molecule has 1 aromatic heterocycles. The highest BCUT2D eigenvalue weighted by Gasteiger charge is 2.14. The molecule has 1 N–H and O–H groups in total. The van der Waals surface area contributed by atoms with E-state index in [1.165, 1.54) is 19.2 Å². The summed E-state index contributed by atoms with van der Waals surface area (Å²) in [6, 6.07) is 11.0. The maximum absolute atomic E-state index is 12.5. The number of nitrogens with one attached hydrogen (secondary N) is 1. The smallest absolute Gasteiger partial charge is 0.288 e. The molecule has 0 aliphatic rings. The highest BCUT2D eigenvalue weighted by Crippen LogP contribution is 2.30. The second kappa shape index (κ2) is 9.62. The minimum atomic E-state index is -2.49. The van der Waals surface area contributed by atoms with Gasteiger partial charge in [-0.25, -0.2) is 0 Å². The fourth-order valence-electron chi connectivity index (χ4n) is 2.71. The Morgan fingerprint density at radius 2 is 1.90 bits per heavy atom. The van der Waals surface area contributed by atoms with E-state index in [0.29, 0.717) is 45.2 Å². The number of thioether (sulfide) groups is 1. The second-order valence-corrected chi connectivity index (χ2v) is 7.38. The van der Waals surface area contributed by atoms with Crippen molar-refractivity contribution in [3.8, 4) is 11.5 Å². The van der Waals surface area contributed by atoms with E-state index in [4.69, 9.17) is 14.0 Å². The molecule has 3 aromatic rings. The lowest BCUT2D eigenvalue weighted by molar-refractivity contribution is 0.102. The highest BCUT2D eigenvalue weighted by atomic mass is 32.2. The molecule has 1 heterocycles. The molecule has 6 nitrogen and oxygen atoms in total. The van der Waals surface area contributed by atoms with Crippen LogP contribution in [0.5, 0.6) is 11.5 Å². The van der Waals surface area contributed by atoms with E-state index in [1.807, 2.05) is 13.8 Å². The van der Waals surface area contributed by atoms with Crippen molar-refractivity contribution >= 4 is 23.4 Å². The molecular weight excluding hydrogens is 414 g/mol. The largest absolute Gasteiger partial charge is 0.493 e. The average molecular weight is 434 g/mol. The van der Waals surface area contributed by atoms with Crippen molar-refractivity contribution in [2.24, 2.45) is 0 Å². The summed E-state index contributed by atoms with van der Waals surface area (Å²) in [4.78, 5) is 13.0. The standard InChI is InChI=1S/C21H20F2N2O4S/c1-12-17(13(2)29-25-12)11-28-18-9-4-14(10-19(18)27-3)20(26)24-15-5-7-16(8-6-15)30-21(22)23/h4-10,21H,11H2,1-3H3,(H,24,26). The summed E-state index contributed by atoms with van der Waals surface area (Å²) in [6.07, 6.45) is 0. The predicted molar refractivity (Wildman–Crippen MR) is 110 cm³/mol. The van der Waals surface area contributed by atoms with Gasteiger partial charge in [-0.05, 0) is 56.3 Å². The lowest BCUT2D eigenvalue weighted by Gasteiger charge is -2.12. The molecular formula is C21H20F2N2O4S. The average Bonchev–Trinajstić information content (AvgIpc) is 3.04. The van der Waals surface area contributed by atoms with Crippen molar-refractivity contribution in [3.05, 3.63) is 65.0 Å². The van der Waals surface area contributed by atoms with Crippen molar-refractivity contribution in [1.82, 2.24) is 5.16 Å². The molecule has 0 aliphatic carbocycles. The Labute approximate surface area is 176 Å². The van der Waals surface area contributed by atoms with Gasteiger partial charge in [0.1, 0.15) is 12.4 Å². The molecule has 1 amide bonds. The monoisotopic (exact) mass is 434 g/mol. The highest BCUT2D eigenvalue weighted by molar-refractivity contribution is 7.99. The zero-order chi connectivity index (χ0) is 21.7. The molecule has 0 radical (unpaired) electrons. The van der Waals surface area contributed by atoms with Crippen LogP contribution in [-0.2, 0) is 6.61 Å². The SMILES string of the molecule is COc1cc(C(=O)Nc2ccc(SC(F)F)cc2)ccc1OCc1c(C)noc1C. The Morgan fingerprint density at radius 3 is 2.50 bits per heavy atom. The number of ether oxygens (including phenoxy) is 2. The van der Waals surface area contributed by atoms with Gasteiger partial charge >= 0.3 is 0 Å². The number of anilines is 1. The number of aryl methyl sites for hydroxylation is 2. The molecule has 0 aliphatic heterocycles. The van der Waals surface area contributed by atoms with Gasteiger partial charge in [0.25, 0.3) is 11.7 Å². The van der Waals surface area contributed by atoms with Gasteiger partial charge in [-0.3, -0.25) is 4.79 Å². The first-order chi connectivity index (χ1) is 14.4. The summed E-state index contributed by atoms with van der Waals surface area (Å²) in [5.74, 6) is -1.29. The van der Waals surface area contributed by atoms with E-state index in [1.54, 1.807) is 30.3 Å². The van der Waals surface area contributed by atoms with Crippen LogP contribution in [0.4, 0.5) is 14.5 Å². The molecule has 0 spiro atoms. The Bertz CT molecular complexity index is 1000. The van der Waals surface area contributed by atoms with Crippen LogP contribution in [0.3, 0.4) is 0 Å². The third-order valence-corrected chi connectivity index (χ3v) is 5.04. The van der Waals surface area contributed by atoms with Crippen molar-refractivity contribution in [3.63, 3.8) is 0 Å². The lowest BCUT2D eigenvalue weighted by atomic mass is 10.1. The fourth-order valence-corrected chi connectivity index (χ4v) is 3.21. The van der Waals surface area contributed by atoms with Crippen molar-refractivity contribution in [2.75, 3.05) is 12.4 Å². The van der Waals surface area contributed by atoms with Gasteiger partial charge in [0, 0.05) is 16.1 Å². The van der Waals surface area contributed by atoms with Gasteiger partial charge in [0.15, 0.2) is 11.5 Å². The van der Waals surface area contributed by atoms with Crippen LogP contribution in [-0.4, -0.2) is 23.9 Å². The van der Waals surface area contributed by atoms with Crippen LogP contribution >= 0.6 is 11.8 Å². The topological polar surface area (TPSA) is 73.6 Å². The van der Waals surface area contributed by atoms with Crippen LogP contribution in [0.2, 0.25) is 0 Å². The van der Waals surface area contributed by atoms with E-state index in [0.717, 1.165) is 11.3 Å². The molecule has 158 valence electrons. The molecule has 3 rings (SSSR count). The number of benzene rings is 2. The predicted octanol–water partition coefficient (Wildman–Crippen LogP) is 5.45. The van der Waals surface area contributed by atoms with Gasteiger partial charge in [0.2, 0.25) is 0 Å². The van der Waals surface area contributed by atoms with Crippen LogP contribution < -0.4 is 14.8 Å². The summed E-state index contributed by atoms with van der Waals surface area (Å²) in [5.41, 5.74) is 2.46. The third kappa shape index (κ3) is 5.29. The number of carbonyl (C=O) groups excluding carboxylic acids is 1. The summed E-state index contributed by atoms with van der Waals surface area (Å²) < 4.78 is 41.1. The second-order valence-electron chi connectivity index (χ2n) is 6.31. The fraction of sp³-hybridized carbons (Fsp3) is 0.238. The minimum Gasteiger partial charge on any atom is -0.493 e. The van der Waals surface area contributed by atoms with E-state index in [2.05, 4.69) is 10.5 Å². The van der Waals surface area contributed by atoms with E-state index >= 15 is 0 Å². The normalized spacial score (nSPS) is 10.9. The van der Waals surface area contributed by atoms with Gasteiger partial charge in [-0.15, -0.1) is 0 Å². The van der Waals surface area contributed by atoms with Gasteiger partial charge < -0.3 is 19.3 Å². The van der Waals surface area contributed by atoms with Crippen LogP contribution in [0, 0.1) is 13.8 Å². The van der Waals surface area contributed by atoms with Crippen LogP contribution in [0.25, 0.3) is 0 Å². The summed E-state index contributed by atoms with van der Waals surface area (Å²) in [7, 11) is 1.49. The number of amides is 1. The first-order valence-corrected chi connectivity index (χ1v) is 9.84. The van der Waals surface area contributed by atoms with Gasteiger partial charge in [-0.2, -0.15) is 8.78 Å². The molecule has 0 saturated heterocycles. The Kier molecular flexibility index (Phi) is 6.94. The Morgan fingerprint density at radius 1 is 1.17 bits per heavy atom. The molecule has 9 heteroatoms. The maximum Gasteiger partial charge on any atom is 0.288 e. The Hall–Kier alpha value is -3.07. The van der Waals surface area contributed by atoms with E-state index in [-0.39, 0.29) is 12.5 Å². The summed E-state index contributed by atoms with van der Waals surface area (Å²) >= 11 is 0.448. The molecule has 0 fully saturated rings. The van der Waals surface area contributed by atoms with E-state index < -0.39 is 5.76 Å². The van der Waals surface area contributed by atoms with Gasteiger partial charge in [0.05, 0.1) is 18.4 Å². The quantitative estimate of drug-likeness (QED) is 0.476. The lowest BCUT2D eigenvalue weighted by Crippen LogP contribution is -2.12. The van der Waals surface area contributed by atoms with Gasteiger partial charge in [-0.1, -0.05) is 16.9 Å². The number of nitrogens with zero attached hydrogens (tertiary/aromatic N) is 1. The molecule has 0 bridgehead atoms. The van der Waals surface area contributed by atoms with E-state index in [9.17, 15) is 13.6 Å². The van der Waals surface area contributed by atoms with Crippen LogP contribution in [0.1, 0.15) is 27.4 Å². The first-order valence-electron chi connectivity index (χ1n) is 8.96. The number of halogens is 2. The molecule has 0 atom stereocenters. The number of hydrogen-bond donors (Lipinski definition) is 1. The zero-order valence-electron chi connectivity index (χ0n) is 16.6. The summed E-state index contributed by atoms with van der Waals surface area (Å²) in [6.45, 7) is 3.90. The maximum atomic E-state index is 12.5. The third-order valence-electron chi connectivity index (χ3n) is 4.32. The zero-order valence-corrected chi connectivity index (χ0v) is 17.4. The van der Waals surface area contributed by atoms with Crippen molar-refractivity contribution in [2.45, 2.75) is 31.1 Å². The number of hydrogen-bond acceptors (Lipinski definition) is 6. The number of carbonyl (C=O) groups is 1.